The van der Waals surface area contributed by atoms with Gasteiger partial charge in [-0.15, -0.1) is 0 Å². The van der Waals surface area contributed by atoms with Crippen LogP contribution in [0.1, 0.15) is 50.1 Å². The third-order valence-corrected chi connectivity index (χ3v) is 3.83. The molecule has 94 valence electrons. The zero-order valence-corrected chi connectivity index (χ0v) is 10.7. The van der Waals surface area contributed by atoms with Crippen LogP contribution >= 0.6 is 0 Å². The SMILES string of the molecule is COc1cccc(C(N)CC2CCCCC2)c1. The van der Waals surface area contributed by atoms with E-state index >= 15 is 0 Å². The van der Waals surface area contributed by atoms with Gasteiger partial charge in [0.15, 0.2) is 0 Å². The molecule has 0 amide bonds. The number of hydrogen-bond acceptors (Lipinski definition) is 2. The maximum absolute atomic E-state index is 6.29. The lowest BCUT2D eigenvalue weighted by Gasteiger charge is -2.24. The summed E-state index contributed by atoms with van der Waals surface area (Å²) >= 11 is 0. The number of benzene rings is 1. The summed E-state index contributed by atoms with van der Waals surface area (Å²) in [7, 11) is 1.70. The van der Waals surface area contributed by atoms with Crippen molar-refractivity contribution in [3.8, 4) is 5.75 Å². The van der Waals surface area contributed by atoms with Crippen LogP contribution in [0.25, 0.3) is 0 Å². The minimum absolute atomic E-state index is 0.160. The van der Waals surface area contributed by atoms with Gasteiger partial charge in [-0.05, 0) is 30.0 Å². The fraction of sp³-hybridized carbons (Fsp3) is 0.600. The van der Waals surface area contributed by atoms with E-state index in [-0.39, 0.29) is 6.04 Å². The third kappa shape index (κ3) is 3.47. The molecule has 0 spiro atoms. The molecule has 0 radical (unpaired) electrons. The highest BCUT2D eigenvalue weighted by Crippen LogP contribution is 2.31. The van der Waals surface area contributed by atoms with Crippen LogP contribution in [-0.2, 0) is 0 Å². The van der Waals surface area contributed by atoms with Crippen molar-refractivity contribution in [3.05, 3.63) is 29.8 Å². The Morgan fingerprint density at radius 3 is 2.76 bits per heavy atom. The van der Waals surface area contributed by atoms with Crippen molar-refractivity contribution >= 4 is 0 Å². The average molecular weight is 233 g/mol. The highest BCUT2D eigenvalue weighted by molar-refractivity contribution is 5.30. The Balaban J connectivity index is 1.95. The van der Waals surface area contributed by atoms with Gasteiger partial charge in [0.2, 0.25) is 0 Å². The molecule has 0 aromatic heterocycles. The Labute approximate surface area is 104 Å². The van der Waals surface area contributed by atoms with Crippen molar-refractivity contribution < 1.29 is 4.74 Å². The number of ether oxygens (including phenoxy) is 1. The number of nitrogens with two attached hydrogens (primary N) is 1. The minimum atomic E-state index is 0.160. The molecule has 1 aromatic carbocycles. The van der Waals surface area contributed by atoms with Crippen molar-refractivity contribution in [2.24, 2.45) is 11.7 Å². The van der Waals surface area contributed by atoms with E-state index in [1.54, 1.807) is 7.11 Å². The van der Waals surface area contributed by atoms with E-state index in [0.29, 0.717) is 0 Å². The standard InChI is InChI=1S/C15H23NO/c1-17-14-9-5-8-13(11-14)15(16)10-12-6-3-2-4-7-12/h5,8-9,11-12,15H,2-4,6-7,10,16H2,1H3. The lowest BCUT2D eigenvalue weighted by atomic mass is 9.83. The molecule has 0 bridgehead atoms. The van der Waals surface area contributed by atoms with E-state index in [0.717, 1.165) is 18.1 Å². The summed E-state index contributed by atoms with van der Waals surface area (Å²) in [6.07, 6.45) is 8.01. The van der Waals surface area contributed by atoms with Gasteiger partial charge in [-0.3, -0.25) is 0 Å². The van der Waals surface area contributed by atoms with Crippen molar-refractivity contribution in [1.82, 2.24) is 0 Å². The first kappa shape index (κ1) is 12.4. The highest BCUT2D eigenvalue weighted by atomic mass is 16.5. The largest absolute Gasteiger partial charge is 0.497 e. The summed E-state index contributed by atoms with van der Waals surface area (Å²) in [5.74, 6) is 1.73. The summed E-state index contributed by atoms with van der Waals surface area (Å²) in [4.78, 5) is 0. The molecule has 0 heterocycles. The summed E-state index contributed by atoms with van der Waals surface area (Å²) in [6.45, 7) is 0. The van der Waals surface area contributed by atoms with Crippen LogP contribution in [0.15, 0.2) is 24.3 Å². The lowest BCUT2D eigenvalue weighted by Crippen LogP contribution is -2.17. The van der Waals surface area contributed by atoms with Gasteiger partial charge in [0.05, 0.1) is 7.11 Å². The molecule has 1 fully saturated rings. The molecule has 1 unspecified atom stereocenters. The van der Waals surface area contributed by atoms with E-state index < -0.39 is 0 Å². The van der Waals surface area contributed by atoms with Gasteiger partial charge in [0.1, 0.15) is 5.75 Å². The summed E-state index contributed by atoms with van der Waals surface area (Å²) < 4.78 is 5.24. The van der Waals surface area contributed by atoms with Gasteiger partial charge in [-0.1, -0.05) is 44.2 Å². The molecule has 1 aromatic rings. The van der Waals surface area contributed by atoms with Crippen molar-refractivity contribution in [2.45, 2.75) is 44.6 Å². The van der Waals surface area contributed by atoms with Crippen LogP contribution in [0.5, 0.6) is 5.75 Å². The predicted octanol–water partition coefficient (Wildman–Crippen LogP) is 3.67. The maximum Gasteiger partial charge on any atom is 0.119 e. The Bertz CT molecular complexity index is 345. The van der Waals surface area contributed by atoms with Crippen LogP contribution in [0, 0.1) is 5.92 Å². The summed E-state index contributed by atoms with van der Waals surface area (Å²) in [5.41, 5.74) is 7.50. The smallest absolute Gasteiger partial charge is 0.119 e. The Morgan fingerprint density at radius 1 is 1.29 bits per heavy atom. The highest BCUT2D eigenvalue weighted by Gasteiger charge is 2.17. The van der Waals surface area contributed by atoms with Gasteiger partial charge >= 0.3 is 0 Å². The first-order chi connectivity index (χ1) is 8.29. The van der Waals surface area contributed by atoms with Gasteiger partial charge in [0.25, 0.3) is 0 Å². The molecule has 2 nitrogen and oxygen atoms in total. The van der Waals surface area contributed by atoms with Crippen LogP contribution in [-0.4, -0.2) is 7.11 Å². The fourth-order valence-electron chi connectivity index (χ4n) is 2.79. The van der Waals surface area contributed by atoms with E-state index in [1.807, 2.05) is 12.1 Å². The average Bonchev–Trinajstić information content (AvgIpc) is 2.40. The molecular formula is C15H23NO. The second kappa shape index (κ2) is 6.06. The molecule has 2 heteroatoms. The first-order valence-electron chi connectivity index (χ1n) is 6.69. The Hall–Kier alpha value is -1.02. The molecule has 1 aliphatic rings. The normalized spacial score (nSPS) is 18.9. The summed E-state index contributed by atoms with van der Waals surface area (Å²) in [5, 5.41) is 0. The fourth-order valence-corrected chi connectivity index (χ4v) is 2.79. The molecule has 1 atom stereocenters. The van der Waals surface area contributed by atoms with Crippen LogP contribution in [0.3, 0.4) is 0 Å². The quantitative estimate of drug-likeness (QED) is 0.861. The number of methoxy groups -OCH3 is 1. The van der Waals surface area contributed by atoms with E-state index in [2.05, 4.69) is 12.1 Å². The van der Waals surface area contributed by atoms with Crippen LogP contribution < -0.4 is 10.5 Å². The molecule has 0 saturated heterocycles. The molecule has 0 aliphatic heterocycles. The molecule has 2 N–H and O–H groups in total. The molecule has 1 aliphatic carbocycles. The van der Waals surface area contributed by atoms with Crippen LogP contribution in [0.2, 0.25) is 0 Å². The number of hydrogen-bond donors (Lipinski definition) is 1. The van der Waals surface area contributed by atoms with Gasteiger partial charge in [-0.25, -0.2) is 0 Å². The molecule has 17 heavy (non-hydrogen) atoms. The minimum Gasteiger partial charge on any atom is -0.497 e. The second-order valence-electron chi connectivity index (χ2n) is 5.12. The first-order valence-corrected chi connectivity index (χ1v) is 6.69. The molecule has 1 saturated carbocycles. The lowest BCUT2D eigenvalue weighted by molar-refractivity contribution is 0.319. The predicted molar refractivity (Wildman–Crippen MR) is 71.1 cm³/mol. The monoisotopic (exact) mass is 233 g/mol. The molecule has 2 rings (SSSR count). The van der Waals surface area contributed by atoms with Crippen LogP contribution in [0.4, 0.5) is 0 Å². The molecular weight excluding hydrogens is 210 g/mol. The van der Waals surface area contributed by atoms with Gasteiger partial charge in [0, 0.05) is 6.04 Å². The zero-order valence-electron chi connectivity index (χ0n) is 10.7. The summed E-state index contributed by atoms with van der Waals surface area (Å²) in [6, 6.07) is 8.32. The van der Waals surface area contributed by atoms with Crippen molar-refractivity contribution in [3.63, 3.8) is 0 Å². The second-order valence-corrected chi connectivity index (χ2v) is 5.12. The van der Waals surface area contributed by atoms with Gasteiger partial charge < -0.3 is 10.5 Å². The van der Waals surface area contributed by atoms with E-state index in [1.165, 1.54) is 37.7 Å². The number of rotatable bonds is 4. The van der Waals surface area contributed by atoms with Crippen molar-refractivity contribution in [2.75, 3.05) is 7.11 Å². The Morgan fingerprint density at radius 2 is 2.06 bits per heavy atom. The van der Waals surface area contributed by atoms with Crippen molar-refractivity contribution in [1.29, 1.82) is 0 Å². The van der Waals surface area contributed by atoms with E-state index in [4.69, 9.17) is 10.5 Å². The van der Waals surface area contributed by atoms with Gasteiger partial charge in [-0.2, -0.15) is 0 Å². The zero-order chi connectivity index (χ0) is 12.1. The third-order valence-electron chi connectivity index (χ3n) is 3.83. The Kier molecular flexibility index (Phi) is 4.43. The maximum atomic E-state index is 6.29. The van der Waals surface area contributed by atoms with E-state index in [9.17, 15) is 0 Å². The topological polar surface area (TPSA) is 35.2 Å².